The van der Waals surface area contributed by atoms with Gasteiger partial charge in [-0.3, -0.25) is 9.78 Å². The number of aliphatic hydroxyl groups excluding tert-OH is 1. The summed E-state index contributed by atoms with van der Waals surface area (Å²) in [4.78, 5) is 19.5. The van der Waals surface area contributed by atoms with E-state index >= 15 is 0 Å². The predicted molar refractivity (Wildman–Crippen MR) is 78.3 cm³/mol. The summed E-state index contributed by atoms with van der Waals surface area (Å²) in [6.07, 6.45) is 5.17. The van der Waals surface area contributed by atoms with Crippen LogP contribution in [0.2, 0.25) is 0 Å². The maximum absolute atomic E-state index is 10.9. The highest BCUT2D eigenvalue weighted by molar-refractivity contribution is 5.74. The number of nitrogens with zero attached hydrogens (tertiary/aromatic N) is 3. The monoisotopic (exact) mass is 288 g/mol. The lowest BCUT2D eigenvalue weighted by molar-refractivity contribution is -0.120. The Morgan fingerprint density at radius 3 is 2.86 bits per heavy atom. The largest absolute Gasteiger partial charge is 0.392 e. The zero-order valence-corrected chi connectivity index (χ0v) is 12.0. The molecule has 0 fully saturated rings. The molecule has 2 rings (SSSR count). The van der Waals surface area contributed by atoms with Crippen LogP contribution in [0.1, 0.15) is 24.9 Å². The van der Waals surface area contributed by atoms with Gasteiger partial charge in [0.25, 0.3) is 0 Å². The van der Waals surface area contributed by atoms with Crippen molar-refractivity contribution in [3.63, 3.8) is 0 Å². The summed E-state index contributed by atoms with van der Waals surface area (Å²) in [6, 6.07) is 5.77. The highest BCUT2D eigenvalue weighted by Crippen LogP contribution is 2.14. The minimum Gasteiger partial charge on any atom is -0.392 e. The molecule has 0 aliphatic carbocycles. The van der Waals surface area contributed by atoms with Crippen LogP contribution in [0, 0.1) is 5.92 Å². The van der Waals surface area contributed by atoms with Crippen molar-refractivity contribution < 1.29 is 9.90 Å². The number of aliphatic hydroxyl groups is 1. The van der Waals surface area contributed by atoms with Crippen LogP contribution in [0.4, 0.5) is 0 Å². The molecular formula is C15H20N4O2. The van der Waals surface area contributed by atoms with Crippen molar-refractivity contribution in [2.75, 3.05) is 0 Å². The number of carbonyl (C=O) groups excluding carboxylic acids is 1. The van der Waals surface area contributed by atoms with Gasteiger partial charge in [0.15, 0.2) is 0 Å². The summed E-state index contributed by atoms with van der Waals surface area (Å²) < 4.78 is 2.00. The molecule has 0 aliphatic heterocycles. The Bertz CT molecular complexity index is 582. The fourth-order valence-corrected chi connectivity index (χ4v) is 2.17. The number of nitrogens with two attached hydrogens (primary N) is 1. The topological polar surface area (TPSA) is 94.0 Å². The molecule has 0 aliphatic rings. The van der Waals surface area contributed by atoms with E-state index in [2.05, 4.69) is 9.97 Å². The SMILES string of the molecule is CC(Cc1nccn1Cc1ccccn1)[C@@H](O)CC(N)=O. The van der Waals surface area contributed by atoms with Gasteiger partial charge in [-0.25, -0.2) is 4.98 Å². The molecule has 0 bridgehead atoms. The minimum atomic E-state index is -0.748. The van der Waals surface area contributed by atoms with E-state index in [0.29, 0.717) is 13.0 Å². The Kier molecular flexibility index (Phi) is 5.05. The van der Waals surface area contributed by atoms with Crippen LogP contribution in [0.15, 0.2) is 36.8 Å². The highest BCUT2D eigenvalue weighted by atomic mass is 16.3. The zero-order chi connectivity index (χ0) is 15.2. The van der Waals surface area contributed by atoms with Crippen LogP contribution in [0.25, 0.3) is 0 Å². The van der Waals surface area contributed by atoms with Gasteiger partial charge in [0, 0.05) is 25.0 Å². The first-order valence-electron chi connectivity index (χ1n) is 6.92. The van der Waals surface area contributed by atoms with Crippen molar-refractivity contribution in [1.82, 2.24) is 14.5 Å². The van der Waals surface area contributed by atoms with Crippen LogP contribution in [0.5, 0.6) is 0 Å². The first-order valence-corrected chi connectivity index (χ1v) is 6.92. The molecule has 0 saturated heterocycles. The van der Waals surface area contributed by atoms with Gasteiger partial charge in [0.2, 0.25) is 5.91 Å². The average Bonchev–Trinajstić information content (AvgIpc) is 2.86. The number of imidazole rings is 1. The van der Waals surface area contributed by atoms with E-state index in [-0.39, 0.29) is 12.3 Å². The number of primary amides is 1. The van der Waals surface area contributed by atoms with Crippen molar-refractivity contribution >= 4 is 5.91 Å². The Morgan fingerprint density at radius 2 is 2.19 bits per heavy atom. The summed E-state index contributed by atoms with van der Waals surface area (Å²) in [5.41, 5.74) is 6.05. The Morgan fingerprint density at radius 1 is 1.38 bits per heavy atom. The molecule has 1 amide bonds. The smallest absolute Gasteiger partial charge is 0.220 e. The standard InChI is InChI=1S/C15H20N4O2/c1-11(13(20)9-14(16)21)8-15-18-6-7-19(15)10-12-4-2-3-5-17-12/h2-7,11,13,20H,8-10H2,1H3,(H2,16,21)/t11?,13-/m0/s1. The van der Waals surface area contributed by atoms with Gasteiger partial charge in [-0.05, 0) is 18.1 Å². The maximum atomic E-state index is 10.9. The average molecular weight is 288 g/mol. The number of hydrogen-bond acceptors (Lipinski definition) is 4. The molecule has 2 aromatic rings. The summed E-state index contributed by atoms with van der Waals surface area (Å²) in [5.74, 6) is 0.269. The molecule has 1 unspecified atom stereocenters. The van der Waals surface area contributed by atoms with Crippen LogP contribution < -0.4 is 5.73 Å². The zero-order valence-electron chi connectivity index (χ0n) is 12.0. The third-order valence-electron chi connectivity index (χ3n) is 3.43. The van der Waals surface area contributed by atoms with E-state index in [1.54, 1.807) is 12.4 Å². The van der Waals surface area contributed by atoms with Crippen LogP contribution >= 0.6 is 0 Å². The molecule has 6 heteroatoms. The second kappa shape index (κ2) is 6.99. The number of rotatable bonds is 7. The van der Waals surface area contributed by atoms with Crippen molar-refractivity contribution in [2.24, 2.45) is 11.7 Å². The van der Waals surface area contributed by atoms with Crippen LogP contribution in [0.3, 0.4) is 0 Å². The first kappa shape index (κ1) is 15.2. The van der Waals surface area contributed by atoms with E-state index in [4.69, 9.17) is 5.73 Å². The number of aromatic nitrogens is 3. The molecule has 2 atom stereocenters. The van der Waals surface area contributed by atoms with Crippen molar-refractivity contribution in [1.29, 1.82) is 0 Å². The number of hydrogen-bond donors (Lipinski definition) is 2. The molecule has 2 heterocycles. The summed E-state index contributed by atoms with van der Waals surface area (Å²) in [6.45, 7) is 2.52. The van der Waals surface area contributed by atoms with E-state index in [9.17, 15) is 9.90 Å². The summed E-state index contributed by atoms with van der Waals surface area (Å²) >= 11 is 0. The van der Waals surface area contributed by atoms with Crippen LogP contribution in [-0.4, -0.2) is 31.7 Å². The predicted octanol–water partition coefficient (Wildman–Crippen LogP) is 0.741. The van der Waals surface area contributed by atoms with Crippen LogP contribution in [-0.2, 0) is 17.8 Å². The van der Waals surface area contributed by atoms with Gasteiger partial charge in [0.1, 0.15) is 5.82 Å². The quantitative estimate of drug-likeness (QED) is 0.785. The van der Waals surface area contributed by atoms with E-state index in [1.165, 1.54) is 0 Å². The summed E-state index contributed by atoms with van der Waals surface area (Å²) in [7, 11) is 0. The molecule has 3 N–H and O–H groups in total. The minimum absolute atomic E-state index is 0.0257. The van der Waals surface area contributed by atoms with Gasteiger partial charge in [0.05, 0.1) is 24.8 Å². The van der Waals surface area contributed by atoms with Gasteiger partial charge in [-0.1, -0.05) is 13.0 Å². The van der Waals surface area contributed by atoms with Gasteiger partial charge in [-0.15, -0.1) is 0 Å². The lowest BCUT2D eigenvalue weighted by Crippen LogP contribution is -2.27. The van der Waals surface area contributed by atoms with E-state index in [0.717, 1.165) is 11.5 Å². The molecular weight excluding hydrogens is 268 g/mol. The van der Waals surface area contributed by atoms with E-state index in [1.807, 2.05) is 35.9 Å². The van der Waals surface area contributed by atoms with Crippen molar-refractivity contribution in [2.45, 2.75) is 32.4 Å². The Labute approximate surface area is 123 Å². The third-order valence-corrected chi connectivity index (χ3v) is 3.43. The maximum Gasteiger partial charge on any atom is 0.220 e. The van der Waals surface area contributed by atoms with Gasteiger partial charge in [-0.2, -0.15) is 0 Å². The summed E-state index contributed by atoms with van der Waals surface area (Å²) in [5, 5.41) is 9.92. The fourth-order valence-electron chi connectivity index (χ4n) is 2.17. The molecule has 0 spiro atoms. The normalized spacial score (nSPS) is 13.8. The van der Waals surface area contributed by atoms with Crippen molar-refractivity contribution in [3.05, 3.63) is 48.3 Å². The lowest BCUT2D eigenvalue weighted by Gasteiger charge is -2.17. The number of pyridine rings is 1. The second-order valence-corrected chi connectivity index (χ2v) is 5.21. The Hall–Kier alpha value is -2.21. The van der Waals surface area contributed by atoms with Gasteiger partial charge >= 0.3 is 0 Å². The van der Waals surface area contributed by atoms with Crippen molar-refractivity contribution in [3.8, 4) is 0 Å². The molecule has 112 valence electrons. The fraction of sp³-hybridized carbons (Fsp3) is 0.400. The molecule has 6 nitrogen and oxygen atoms in total. The molecule has 2 aromatic heterocycles. The third kappa shape index (κ3) is 4.39. The number of carbonyl (C=O) groups is 1. The molecule has 0 aromatic carbocycles. The van der Waals surface area contributed by atoms with Gasteiger partial charge < -0.3 is 15.4 Å². The number of amides is 1. The second-order valence-electron chi connectivity index (χ2n) is 5.21. The lowest BCUT2D eigenvalue weighted by atomic mass is 9.98. The Balaban J connectivity index is 2.01. The molecule has 0 radical (unpaired) electrons. The molecule has 0 saturated carbocycles. The molecule has 21 heavy (non-hydrogen) atoms. The first-order chi connectivity index (χ1) is 10.1. The van der Waals surface area contributed by atoms with E-state index < -0.39 is 12.0 Å². The highest BCUT2D eigenvalue weighted by Gasteiger charge is 2.19.